The molecule has 0 radical (unpaired) electrons. The minimum atomic E-state index is 0.483. The molecule has 30 heavy (non-hydrogen) atoms. The molecule has 0 aliphatic carbocycles. The number of aromatic nitrogens is 4. The molecule has 2 aromatic heterocycles. The smallest absolute Gasteiger partial charge is 0.231 e. The molecule has 2 heterocycles. The zero-order valence-electron chi connectivity index (χ0n) is 17.3. The van der Waals surface area contributed by atoms with Gasteiger partial charge in [-0.3, -0.25) is 0 Å². The van der Waals surface area contributed by atoms with Crippen molar-refractivity contribution in [2.24, 2.45) is 0 Å². The average molecular weight is 403 g/mol. The van der Waals surface area contributed by atoms with Gasteiger partial charge in [-0.2, -0.15) is 9.97 Å². The van der Waals surface area contributed by atoms with Crippen LogP contribution >= 0.6 is 0 Å². The molecule has 0 fully saturated rings. The van der Waals surface area contributed by atoms with E-state index in [4.69, 9.17) is 4.74 Å². The van der Waals surface area contributed by atoms with Gasteiger partial charge in [-0.25, -0.2) is 4.98 Å². The van der Waals surface area contributed by atoms with Crippen molar-refractivity contribution in [3.8, 4) is 5.75 Å². The number of H-pyrrole nitrogens is 1. The van der Waals surface area contributed by atoms with Crippen LogP contribution in [0.4, 0.5) is 29.1 Å². The van der Waals surface area contributed by atoms with Gasteiger partial charge in [0.2, 0.25) is 11.9 Å². The Morgan fingerprint density at radius 3 is 2.53 bits per heavy atom. The first kappa shape index (κ1) is 19.5. The van der Waals surface area contributed by atoms with Crippen LogP contribution in [0.1, 0.15) is 18.9 Å². The van der Waals surface area contributed by atoms with E-state index in [2.05, 4.69) is 61.9 Å². The number of imidazole rings is 1. The molecule has 0 spiro atoms. The number of anilines is 5. The number of hydrogen-bond donors (Lipinski definition) is 4. The van der Waals surface area contributed by atoms with E-state index in [1.807, 2.05) is 36.4 Å². The van der Waals surface area contributed by atoms with Gasteiger partial charge in [0.15, 0.2) is 17.0 Å². The van der Waals surface area contributed by atoms with Crippen LogP contribution in [-0.4, -0.2) is 33.6 Å². The highest BCUT2D eigenvalue weighted by atomic mass is 16.5. The Hall–Kier alpha value is -3.81. The fraction of sp³-hybridized carbons (Fsp3) is 0.227. The third kappa shape index (κ3) is 4.43. The van der Waals surface area contributed by atoms with Crippen LogP contribution in [-0.2, 0) is 0 Å². The summed E-state index contributed by atoms with van der Waals surface area (Å²) in [5.41, 5.74) is 4.34. The first-order chi connectivity index (χ1) is 14.6. The van der Waals surface area contributed by atoms with E-state index in [1.54, 1.807) is 7.11 Å². The lowest BCUT2D eigenvalue weighted by molar-refractivity contribution is 0.415. The van der Waals surface area contributed by atoms with Gasteiger partial charge in [-0.1, -0.05) is 19.1 Å². The molecule has 0 unspecified atom stereocenters. The summed E-state index contributed by atoms with van der Waals surface area (Å²) in [4.78, 5) is 17.2. The lowest BCUT2D eigenvalue weighted by Gasteiger charge is -2.09. The van der Waals surface area contributed by atoms with Crippen LogP contribution < -0.4 is 20.7 Å². The monoisotopic (exact) mass is 403 g/mol. The summed E-state index contributed by atoms with van der Waals surface area (Å²) in [5, 5.41) is 9.89. The molecule has 0 saturated heterocycles. The summed E-state index contributed by atoms with van der Waals surface area (Å²) in [6.07, 6.45) is 0.978. The van der Waals surface area contributed by atoms with Crippen molar-refractivity contribution in [1.29, 1.82) is 0 Å². The van der Waals surface area contributed by atoms with E-state index in [0.29, 0.717) is 28.9 Å². The van der Waals surface area contributed by atoms with Gasteiger partial charge in [0, 0.05) is 17.9 Å². The van der Waals surface area contributed by atoms with E-state index in [1.165, 1.54) is 5.56 Å². The van der Waals surface area contributed by atoms with E-state index < -0.39 is 0 Å². The third-order valence-electron chi connectivity index (χ3n) is 4.51. The first-order valence-electron chi connectivity index (χ1n) is 9.91. The second-order valence-corrected chi connectivity index (χ2v) is 6.95. The van der Waals surface area contributed by atoms with E-state index >= 15 is 0 Å². The molecule has 154 valence electrons. The number of hydrogen-bond acceptors (Lipinski definition) is 7. The van der Waals surface area contributed by atoms with Crippen molar-refractivity contribution in [3.63, 3.8) is 0 Å². The Morgan fingerprint density at radius 2 is 1.80 bits per heavy atom. The molecular formula is C22H25N7O. The van der Waals surface area contributed by atoms with Gasteiger partial charge < -0.3 is 25.7 Å². The quantitative estimate of drug-likeness (QED) is 0.329. The Kier molecular flexibility index (Phi) is 5.65. The minimum Gasteiger partial charge on any atom is -0.497 e. The summed E-state index contributed by atoms with van der Waals surface area (Å²) in [5.74, 6) is 2.58. The van der Waals surface area contributed by atoms with Crippen LogP contribution in [0.15, 0.2) is 48.5 Å². The number of nitrogens with one attached hydrogen (secondary N) is 4. The molecule has 0 aliphatic rings. The van der Waals surface area contributed by atoms with Crippen LogP contribution in [0.25, 0.3) is 11.2 Å². The van der Waals surface area contributed by atoms with Gasteiger partial charge >= 0.3 is 0 Å². The molecule has 0 saturated carbocycles. The maximum absolute atomic E-state index is 5.21. The van der Waals surface area contributed by atoms with Crippen molar-refractivity contribution in [2.45, 2.75) is 20.3 Å². The zero-order chi connectivity index (χ0) is 20.9. The number of rotatable bonds is 8. The lowest BCUT2D eigenvalue weighted by atomic mass is 10.2. The van der Waals surface area contributed by atoms with E-state index in [0.717, 1.165) is 30.1 Å². The average Bonchev–Trinajstić information content (AvgIpc) is 3.15. The fourth-order valence-electron chi connectivity index (χ4n) is 3.04. The minimum absolute atomic E-state index is 0.483. The maximum atomic E-state index is 5.21. The molecule has 2 aromatic carbocycles. The third-order valence-corrected chi connectivity index (χ3v) is 4.51. The number of benzene rings is 2. The van der Waals surface area contributed by atoms with Crippen molar-refractivity contribution in [1.82, 2.24) is 19.9 Å². The number of aryl methyl sites for hydroxylation is 1. The zero-order valence-corrected chi connectivity index (χ0v) is 17.3. The molecule has 0 aliphatic heterocycles. The van der Waals surface area contributed by atoms with Crippen LogP contribution in [0.3, 0.4) is 0 Å². The number of nitrogens with zero attached hydrogens (tertiary/aromatic N) is 3. The molecular weight excluding hydrogens is 378 g/mol. The van der Waals surface area contributed by atoms with Gasteiger partial charge in [0.1, 0.15) is 5.75 Å². The molecule has 4 rings (SSSR count). The second kappa shape index (κ2) is 8.69. The number of aromatic amines is 1. The van der Waals surface area contributed by atoms with Gasteiger partial charge in [0.05, 0.1) is 7.11 Å². The topological polar surface area (TPSA) is 99.8 Å². The highest BCUT2D eigenvalue weighted by Gasteiger charge is 2.13. The Labute approximate surface area is 175 Å². The number of ether oxygens (including phenoxy) is 1. The van der Waals surface area contributed by atoms with Gasteiger partial charge in [-0.05, 0) is 55.3 Å². The van der Waals surface area contributed by atoms with Crippen LogP contribution in [0, 0.1) is 6.92 Å². The first-order valence-corrected chi connectivity index (χ1v) is 9.91. The van der Waals surface area contributed by atoms with Crippen LogP contribution in [0.5, 0.6) is 5.75 Å². The van der Waals surface area contributed by atoms with Crippen molar-refractivity contribution >= 4 is 40.3 Å². The van der Waals surface area contributed by atoms with Gasteiger partial charge in [0.25, 0.3) is 0 Å². The SMILES string of the molecule is CCCNc1nc(Nc2ccc(OC)cc2)nc2[nH]c(Nc3cccc(C)c3)nc12. The van der Waals surface area contributed by atoms with E-state index in [-0.39, 0.29) is 0 Å². The molecule has 8 nitrogen and oxygen atoms in total. The van der Waals surface area contributed by atoms with Gasteiger partial charge in [-0.15, -0.1) is 0 Å². The molecule has 4 N–H and O–H groups in total. The summed E-state index contributed by atoms with van der Waals surface area (Å²) in [7, 11) is 1.64. The maximum Gasteiger partial charge on any atom is 0.231 e. The molecule has 0 bridgehead atoms. The van der Waals surface area contributed by atoms with Crippen molar-refractivity contribution < 1.29 is 4.74 Å². The second-order valence-electron chi connectivity index (χ2n) is 6.95. The normalized spacial score (nSPS) is 10.8. The molecule has 0 atom stereocenters. The standard InChI is InChI=1S/C22H25N7O/c1-4-12-23-19-18-20(28-21(26-18)25-16-7-5-6-14(2)13-16)29-22(27-19)24-15-8-10-17(30-3)11-9-15/h5-11,13H,4,12H2,1-3H3,(H4,23,24,25,26,27,28,29). The highest BCUT2D eigenvalue weighted by molar-refractivity contribution is 5.86. The van der Waals surface area contributed by atoms with Crippen LogP contribution in [0.2, 0.25) is 0 Å². The Balaban J connectivity index is 1.65. The predicted octanol–water partition coefficient (Wildman–Crippen LogP) is 4.98. The summed E-state index contributed by atoms with van der Waals surface area (Å²) in [6, 6.07) is 15.7. The highest BCUT2D eigenvalue weighted by Crippen LogP contribution is 2.25. The fourth-order valence-corrected chi connectivity index (χ4v) is 3.04. The van der Waals surface area contributed by atoms with Crippen molar-refractivity contribution in [2.75, 3.05) is 29.6 Å². The number of fused-ring (bicyclic) bond motifs is 1. The lowest BCUT2D eigenvalue weighted by Crippen LogP contribution is -2.06. The number of methoxy groups -OCH3 is 1. The summed E-state index contributed by atoms with van der Waals surface area (Å²) < 4.78 is 5.21. The molecule has 0 amide bonds. The Morgan fingerprint density at radius 1 is 0.967 bits per heavy atom. The molecule has 4 aromatic rings. The van der Waals surface area contributed by atoms with E-state index in [9.17, 15) is 0 Å². The largest absolute Gasteiger partial charge is 0.497 e. The van der Waals surface area contributed by atoms with Crippen molar-refractivity contribution in [3.05, 3.63) is 54.1 Å². The summed E-state index contributed by atoms with van der Waals surface area (Å²) in [6.45, 7) is 4.96. The Bertz CT molecular complexity index is 1140. The predicted molar refractivity (Wildman–Crippen MR) is 121 cm³/mol. The molecule has 8 heteroatoms. The summed E-state index contributed by atoms with van der Waals surface area (Å²) >= 11 is 0.